The van der Waals surface area contributed by atoms with E-state index in [1.54, 1.807) is 24.3 Å². The van der Waals surface area contributed by atoms with Gasteiger partial charge in [0.25, 0.3) is 5.69 Å². The minimum absolute atomic E-state index is 0.0327. The number of halogens is 1. The summed E-state index contributed by atoms with van der Waals surface area (Å²) in [6.07, 6.45) is 0.657. The van der Waals surface area contributed by atoms with Crippen LogP contribution in [-0.4, -0.2) is 37.0 Å². The minimum Gasteiger partial charge on any atom is -0.419 e. The Labute approximate surface area is 191 Å². The predicted molar refractivity (Wildman–Crippen MR) is 118 cm³/mol. The zero-order chi connectivity index (χ0) is 23.5. The van der Waals surface area contributed by atoms with Gasteiger partial charge in [-0.3, -0.25) is 19.5 Å². The fourth-order valence-corrected chi connectivity index (χ4v) is 3.56. The highest BCUT2D eigenvalue weighted by Crippen LogP contribution is 2.26. The van der Waals surface area contributed by atoms with Gasteiger partial charge in [0, 0.05) is 12.6 Å². The second-order valence-corrected chi connectivity index (χ2v) is 7.57. The molecule has 4 aromatic rings. The molecule has 1 amide bonds. The molecule has 2 heterocycles. The van der Waals surface area contributed by atoms with E-state index in [0.717, 1.165) is 10.6 Å². The minimum atomic E-state index is -0.783. The lowest BCUT2D eigenvalue weighted by atomic mass is 10.2. The molecule has 11 nitrogen and oxygen atoms in total. The smallest absolute Gasteiger partial charge is 0.419 e. The molecule has 0 aliphatic carbocycles. The maximum atomic E-state index is 13.0. The van der Waals surface area contributed by atoms with Crippen LogP contribution in [-0.2, 0) is 17.9 Å². The molecule has 2 aromatic carbocycles. The average Bonchev–Trinajstić information content (AvgIpc) is 3.37. The lowest BCUT2D eigenvalue weighted by Crippen LogP contribution is -2.36. The Morgan fingerprint density at radius 1 is 1.21 bits per heavy atom. The number of nitro groups is 1. The zero-order valence-corrected chi connectivity index (χ0v) is 18.2. The van der Waals surface area contributed by atoms with Crippen LogP contribution in [0.1, 0.15) is 19.2 Å². The molecule has 0 unspecified atom stereocenters. The molecule has 33 heavy (non-hydrogen) atoms. The molecule has 0 aliphatic rings. The number of hydrogen-bond acceptors (Lipinski definition) is 8. The van der Waals surface area contributed by atoms with Crippen LogP contribution in [0.4, 0.5) is 5.69 Å². The topological polar surface area (TPSA) is 138 Å². The number of oxazole rings is 1. The molecule has 0 spiro atoms. The second kappa shape index (κ2) is 9.25. The van der Waals surface area contributed by atoms with E-state index >= 15 is 0 Å². The van der Waals surface area contributed by atoms with E-state index in [4.69, 9.17) is 20.4 Å². The summed E-state index contributed by atoms with van der Waals surface area (Å²) in [6, 6.07) is 10.8. The van der Waals surface area contributed by atoms with Crippen molar-refractivity contribution >= 4 is 34.3 Å². The highest BCUT2D eigenvalue weighted by molar-refractivity contribution is 6.33. The Hall–Kier alpha value is -3.99. The van der Waals surface area contributed by atoms with Gasteiger partial charge in [-0.15, -0.1) is 10.2 Å². The van der Waals surface area contributed by atoms with Gasteiger partial charge in [0.05, 0.1) is 33.6 Å². The summed E-state index contributed by atoms with van der Waals surface area (Å²) in [6.45, 7) is 2.02. The Morgan fingerprint density at radius 3 is 2.73 bits per heavy atom. The van der Waals surface area contributed by atoms with Gasteiger partial charge < -0.3 is 13.7 Å². The van der Waals surface area contributed by atoms with Crippen molar-refractivity contribution in [2.75, 3.05) is 6.54 Å². The number of rotatable bonds is 8. The van der Waals surface area contributed by atoms with Crippen molar-refractivity contribution in [3.63, 3.8) is 0 Å². The van der Waals surface area contributed by atoms with Crippen molar-refractivity contribution in [2.24, 2.45) is 0 Å². The first-order valence-corrected chi connectivity index (χ1v) is 10.4. The normalized spacial score (nSPS) is 11.1. The van der Waals surface area contributed by atoms with E-state index in [1.165, 1.54) is 17.0 Å². The number of hydrogen-bond donors (Lipinski definition) is 0. The summed E-state index contributed by atoms with van der Waals surface area (Å²) in [5.74, 6) is -0.712. The highest BCUT2D eigenvalue weighted by atomic mass is 35.5. The van der Waals surface area contributed by atoms with E-state index in [2.05, 4.69) is 10.2 Å². The third-order valence-corrected chi connectivity index (χ3v) is 5.23. The standard InChI is InChI=1S/C21H18ClN5O6/c1-2-9-25(11-18-23-24-20(33-18)14-5-3-4-6-15(14)22)19(28)12-26-16-8-7-13(27(30)31)10-17(16)32-21(26)29/h3-8,10H,2,9,11-12H2,1H3. The predicted octanol–water partition coefficient (Wildman–Crippen LogP) is 3.64. The molecular weight excluding hydrogens is 454 g/mol. The molecular formula is C21H18ClN5O6. The SMILES string of the molecule is CCCN(Cc1nnc(-c2ccccc2Cl)o1)C(=O)Cn1c(=O)oc2cc([N+](=O)[O-])ccc21. The number of amides is 1. The van der Waals surface area contributed by atoms with E-state index in [9.17, 15) is 19.7 Å². The molecule has 0 N–H and O–H groups in total. The first-order valence-electron chi connectivity index (χ1n) is 10.00. The molecule has 0 saturated heterocycles. The molecule has 2 aromatic heterocycles. The molecule has 170 valence electrons. The lowest BCUT2D eigenvalue weighted by molar-refractivity contribution is -0.384. The number of benzene rings is 2. The number of carbonyl (C=O) groups excluding carboxylic acids is 1. The summed E-state index contributed by atoms with van der Waals surface area (Å²) >= 11 is 6.17. The van der Waals surface area contributed by atoms with Gasteiger partial charge in [-0.05, 0) is 24.6 Å². The van der Waals surface area contributed by atoms with Gasteiger partial charge in [0.1, 0.15) is 6.54 Å². The van der Waals surface area contributed by atoms with Crippen molar-refractivity contribution < 1.29 is 18.6 Å². The van der Waals surface area contributed by atoms with Gasteiger partial charge in [-0.25, -0.2) is 4.79 Å². The van der Waals surface area contributed by atoms with Gasteiger partial charge in [-0.2, -0.15) is 0 Å². The molecule has 0 aliphatic heterocycles. The summed E-state index contributed by atoms with van der Waals surface area (Å²) in [5, 5.41) is 19.4. The number of carbonyl (C=O) groups is 1. The van der Waals surface area contributed by atoms with Crippen molar-refractivity contribution in [3.8, 4) is 11.5 Å². The van der Waals surface area contributed by atoms with Crippen molar-refractivity contribution in [1.82, 2.24) is 19.7 Å². The maximum Gasteiger partial charge on any atom is 0.420 e. The third kappa shape index (κ3) is 4.62. The molecule has 0 saturated carbocycles. The first-order chi connectivity index (χ1) is 15.9. The van der Waals surface area contributed by atoms with Crippen LogP contribution >= 0.6 is 11.6 Å². The molecule has 0 atom stereocenters. The Bertz CT molecular complexity index is 1390. The van der Waals surface area contributed by atoms with Crippen LogP contribution in [0.2, 0.25) is 5.02 Å². The van der Waals surface area contributed by atoms with Crippen molar-refractivity contribution in [3.05, 3.63) is 74.0 Å². The largest absolute Gasteiger partial charge is 0.420 e. The van der Waals surface area contributed by atoms with Gasteiger partial charge in [0.15, 0.2) is 5.58 Å². The van der Waals surface area contributed by atoms with E-state index in [0.29, 0.717) is 23.6 Å². The van der Waals surface area contributed by atoms with E-state index < -0.39 is 10.7 Å². The fourth-order valence-electron chi connectivity index (χ4n) is 3.34. The molecule has 0 bridgehead atoms. The van der Waals surface area contributed by atoms with Crippen LogP contribution in [0.15, 0.2) is 56.1 Å². The van der Waals surface area contributed by atoms with Gasteiger partial charge in [0.2, 0.25) is 17.7 Å². The summed E-state index contributed by atoms with van der Waals surface area (Å²) in [7, 11) is 0. The third-order valence-electron chi connectivity index (χ3n) is 4.90. The Morgan fingerprint density at radius 2 is 2.00 bits per heavy atom. The van der Waals surface area contributed by atoms with Gasteiger partial charge in [-0.1, -0.05) is 30.7 Å². The summed E-state index contributed by atoms with van der Waals surface area (Å²) < 4.78 is 11.9. The Balaban J connectivity index is 1.55. The fraction of sp³-hybridized carbons (Fsp3) is 0.238. The van der Waals surface area contributed by atoms with Crippen LogP contribution in [0.25, 0.3) is 22.6 Å². The van der Waals surface area contributed by atoms with Crippen LogP contribution in [0, 0.1) is 10.1 Å². The number of fused-ring (bicyclic) bond motifs is 1. The quantitative estimate of drug-likeness (QED) is 0.280. The second-order valence-electron chi connectivity index (χ2n) is 7.16. The van der Waals surface area contributed by atoms with Crippen LogP contribution in [0.3, 0.4) is 0 Å². The molecule has 4 rings (SSSR count). The van der Waals surface area contributed by atoms with Crippen LogP contribution < -0.4 is 5.76 Å². The first kappa shape index (κ1) is 22.2. The number of nitro benzene ring substituents is 1. The van der Waals surface area contributed by atoms with E-state index in [-0.39, 0.29) is 47.6 Å². The van der Waals surface area contributed by atoms with Crippen LogP contribution in [0.5, 0.6) is 0 Å². The molecule has 0 fully saturated rings. The number of non-ortho nitro benzene ring substituents is 1. The molecule has 12 heteroatoms. The monoisotopic (exact) mass is 471 g/mol. The highest BCUT2D eigenvalue weighted by Gasteiger charge is 2.21. The number of nitrogens with zero attached hydrogens (tertiary/aromatic N) is 5. The summed E-state index contributed by atoms with van der Waals surface area (Å²) in [5.41, 5.74) is 0.685. The maximum absolute atomic E-state index is 13.0. The van der Waals surface area contributed by atoms with Crippen molar-refractivity contribution in [1.29, 1.82) is 0 Å². The van der Waals surface area contributed by atoms with Crippen molar-refractivity contribution in [2.45, 2.75) is 26.4 Å². The summed E-state index contributed by atoms with van der Waals surface area (Å²) in [4.78, 5) is 37.1. The molecule has 0 radical (unpaired) electrons. The van der Waals surface area contributed by atoms with E-state index in [1.807, 2.05) is 6.92 Å². The lowest BCUT2D eigenvalue weighted by Gasteiger charge is -2.20. The number of aromatic nitrogens is 3. The van der Waals surface area contributed by atoms with Gasteiger partial charge >= 0.3 is 5.76 Å². The zero-order valence-electron chi connectivity index (χ0n) is 17.4. The average molecular weight is 472 g/mol. The Kier molecular flexibility index (Phi) is 6.22.